The zero-order valence-electron chi connectivity index (χ0n) is 18.0. The molecule has 0 spiro atoms. The number of Topliss-reactive ketones (excluding diaryl/α,β-unsaturated/α-hetero) is 1. The number of nitrogens with two attached hydrogens (primary N) is 1. The van der Waals surface area contributed by atoms with Crippen LogP contribution in [-0.4, -0.2) is 34.9 Å². The number of oxime groups is 1. The van der Waals surface area contributed by atoms with E-state index in [9.17, 15) is 9.90 Å². The third-order valence-corrected chi connectivity index (χ3v) is 9.33. The third kappa shape index (κ3) is 2.79. The quantitative estimate of drug-likeness (QED) is 0.720. The number of hydrogen-bond acceptors (Lipinski definition) is 5. The monoisotopic (exact) mass is 390 g/mol. The number of fused-ring (bicyclic) bond motifs is 5. The van der Waals surface area contributed by atoms with Gasteiger partial charge in [-0.2, -0.15) is 0 Å². The van der Waals surface area contributed by atoms with Crippen molar-refractivity contribution in [1.82, 2.24) is 0 Å². The Bertz CT molecular complexity index is 677. The highest BCUT2D eigenvalue weighted by molar-refractivity contribution is 5.87. The Balaban J connectivity index is 1.59. The van der Waals surface area contributed by atoms with Crippen LogP contribution in [0.5, 0.6) is 0 Å². The van der Waals surface area contributed by atoms with Crippen LogP contribution in [0.3, 0.4) is 0 Å². The minimum absolute atomic E-state index is 0.0404. The lowest BCUT2D eigenvalue weighted by atomic mass is 9.41. The first kappa shape index (κ1) is 20.3. The summed E-state index contributed by atoms with van der Waals surface area (Å²) in [6.45, 7) is 9.06. The summed E-state index contributed by atoms with van der Waals surface area (Å²) in [5.74, 6) is 2.27. The van der Waals surface area contributed by atoms with E-state index in [-0.39, 0.29) is 22.8 Å². The van der Waals surface area contributed by atoms with Gasteiger partial charge in [0.15, 0.2) is 0 Å². The SMILES string of the molecule is CC(N)CON=C1CC[C@]2(C)[C@@H]3CC[C@]4(C)C(=O)CC[C@H]4[C@@H]3CC(C)C2(O)C1. The van der Waals surface area contributed by atoms with Gasteiger partial charge >= 0.3 is 0 Å². The molecule has 0 aromatic carbocycles. The largest absolute Gasteiger partial charge is 0.394 e. The third-order valence-electron chi connectivity index (χ3n) is 9.33. The summed E-state index contributed by atoms with van der Waals surface area (Å²) in [5, 5.41) is 16.3. The lowest BCUT2D eigenvalue weighted by Gasteiger charge is -2.65. The first-order valence-electron chi connectivity index (χ1n) is 11.3. The first-order valence-corrected chi connectivity index (χ1v) is 11.3. The Morgan fingerprint density at radius 2 is 2.00 bits per heavy atom. The fraction of sp³-hybridized carbons (Fsp3) is 0.913. The van der Waals surface area contributed by atoms with Crippen molar-refractivity contribution in [3.63, 3.8) is 0 Å². The van der Waals surface area contributed by atoms with E-state index in [0.717, 1.165) is 50.7 Å². The molecule has 5 heteroatoms. The first-order chi connectivity index (χ1) is 13.1. The molecular weight excluding hydrogens is 352 g/mol. The summed E-state index contributed by atoms with van der Waals surface area (Å²) in [4.78, 5) is 18.0. The van der Waals surface area contributed by atoms with E-state index < -0.39 is 5.60 Å². The van der Waals surface area contributed by atoms with E-state index in [1.165, 1.54) is 0 Å². The highest BCUT2D eigenvalue weighted by atomic mass is 16.6. The van der Waals surface area contributed by atoms with Crippen molar-refractivity contribution < 1.29 is 14.7 Å². The van der Waals surface area contributed by atoms with Gasteiger partial charge in [0, 0.05) is 29.7 Å². The lowest BCUT2D eigenvalue weighted by molar-refractivity contribution is -0.214. The summed E-state index contributed by atoms with van der Waals surface area (Å²) >= 11 is 0. The number of hydrogen-bond donors (Lipinski definition) is 2. The van der Waals surface area contributed by atoms with Crippen LogP contribution in [-0.2, 0) is 9.63 Å². The van der Waals surface area contributed by atoms with E-state index in [0.29, 0.717) is 36.6 Å². The van der Waals surface area contributed by atoms with Crippen molar-refractivity contribution in [1.29, 1.82) is 0 Å². The van der Waals surface area contributed by atoms with Crippen molar-refractivity contribution in [3.8, 4) is 0 Å². The molecule has 4 rings (SSSR count). The van der Waals surface area contributed by atoms with Gasteiger partial charge in [0.2, 0.25) is 0 Å². The molecule has 0 heterocycles. The van der Waals surface area contributed by atoms with E-state index in [2.05, 4.69) is 25.9 Å². The van der Waals surface area contributed by atoms with Crippen molar-refractivity contribution in [2.24, 2.45) is 45.4 Å². The second-order valence-electron chi connectivity index (χ2n) is 10.9. The molecule has 4 saturated carbocycles. The smallest absolute Gasteiger partial charge is 0.139 e. The van der Waals surface area contributed by atoms with Crippen LogP contribution in [0, 0.1) is 34.5 Å². The Morgan fingerprint density at radius 1 is 1.25 bits per heavy atom. The summed E-state index contributed by atoms with van der Waals surface area (Å²) in [5.41, 5.74) is 5.77. The van der Waals surface area contributed by atoms with Crippen molar-refractivity contribution >= 4 is 11.5 Å². The molecule has 4 aliphatic carbocycles. The lowest BCUT2D eigenvalue weighted by Crippen LogP contribution is -2.65. The zero-order chi connectivity index (χ0) is 20.3. The minimum Gasteiger partial charge on any atom is -0.394 e. The predicted molar refractivity (Wildman–Crippen MR) is 110 cm³/mol. The number of ketones is 1. The standard InChI is InChI=1S/C23H38N2O3/c1-14-11-17-18-5-6-20(26)21(18,3)9-8-19(17)22(4)10-7-16(12-23(14,22)27)25-28-13-15(2)24/h14-15,17-19,27H,5-13,24H2,1-4H3/t14?,15?,17-,18-,19+,21-,22+,23?/m0/s1. The number of rotatable bonds is 3. The molecule has 158 valence electrons. The van der Waals surface area contributed by atoms with Crippen LogP contribution in [0.2, 0.25) is 0 Å². The average Bonchev–Trinajstić information content (AvgIpc) is 2.93. The number of carbonyl (C=O) groups is 1. The van der Waals surface area contributed by atoms with Gasteiger partial charge in [0.1, 0.15) is 12.4 Å². The summed E-state index contributed by atoms with van der Waals surface area (Å²) in [6, 6.07) is -0.0404. The van der Waals surface area contributed by atoms with Crippen molar-refractivity contribution in [2.75, 3.05) is 6.61 Å². The van der Waals surface area contributed by atoms with Crippen LogP contribution in [0.15, 0.2) is 5.16 Å². The van der Waals surface area contributed by atoms with Crippen LogP contribution in [0.4, 0.5) is 0 Å². The maximum absolute atomic E-state index is 12.6. The maximum atomic E-state index is 12.6. The highest BCUT2D eigenvalue weighted by Crippen LogP contribution is 2.67. The zero-order valence-corrected chi connectivity index (χ0v) is 18.0. The Hall–Kier alpha value is -0.940. The molecule has 28 heavy (non-hydrogen) atoms. The Morgan fingerprint density at radius 3 is 2.71 bits per heavy atom. The number of nitrogens with zero attached hydrogens (tertiary/aromatic N) is 1. The van der Waals surface area contributed by atoms with E-state index in [4.69, 9.17) is 10.6 Å². The Labute approximate surface area is 169 Å². The van der Waals surface area contributed by atoms with Crippen molar-refractivity contribution in [2.45, 2.75) is 90.7 Å². The van der Waals surface area contributed by atoms with Crippen LogP contribution < -0.4 is 5.73 Å². The molecule has 4 aliphatic rings. The molecule has 3 unspecified atom stereocenters. The van der Waals surface area contributed by atoms with E-state index >= 15 is 0 Å². The van der Waals surface area contributed by atoms with Gasteiger partial charge < -0.3 is 15.7 Å². The maximum Gasteiger partial charge on any atom is 0.139 e. The fourth-order valence-corrected chi connectivity index (χ4v) is 7.57. The molecule has 0 radical (unpaired) electrons. The normalized spacial score (nSPS) is 50.6. The van der Waals surface area contributed by atoms with Crippen LogP contribution >= 0.6 is 0 Å². The van der Waals surface area contributed by atoms with Crippen LogP contribution in [0.25, 0.3) is 0 Å². The van der Waals surface area contributed by atoms with E-state index in [1.54, 1.807) is 0 Å². The number of carbonyl (C=O) groups excluding carboxylic acids is 1. The van der Waals surface area contributed by atoms with Crippen LogP contribution in [0.1, 0.15) is 79.1 Å². The molecule has 0 aromatic heterocycles. The van der Waals surface area contributed by atoms with Gasteiger partial charge in [0.05, 0.1) is 11.3 Å². The Kier molecular flexibility index (Phi) is 4.94. The molecule has 5 nitrogen and oxygen atoms in total. The number of aliphatic hydroxyl groups is 1. The van der Waals surface area contributed by atoms with Gasteiger partial charge in [-0.3, -0.25) is 4.79 Å². The molecular formula is C23H38N2O3. The predicted octanol–water partition coefficient (Wildman–Crippen LogP) is 3.68. The van der Waals surface area contributed by atoms with Gasteiger partial charge in [-0.05, 0) is 69.1 Å². The molecule has 8 atom stereocenters. The van der Waals surface area contributed by atoms with Gasteiger partial charge in [-0.15, -0.1) is 0 Å². The summed E-state index contributed by atoms with van der Waals surface area (Å²) < 4.78 is 0. The van der Waals surface area contributed by atoms with Gasteiger partial charge in [0.25, 0.3) is 0 Å². The summed E-state index contributed by atoms with van der Waals surface area (Å²) in [6.07, 6.45) is 7.34. The minimum atomic E-state index is -0.737. The van der Waals surface area contributed by atoms with Gasteiger partial charge in [-0.25, -0.2) is 0 Å². The van der Waals surface area contributed by atoms with Crippen molar-refractivity contribution in [3.05, 3.63) is 0 Å². The molecule has 4 fully saturated rings. The average molecular weight is 391 g/mol. The topological polar surface area (TPSA) is 84.9 Å². The second kappa shape index (κ2) is 6.80. The molecule has 0 amide bonds. The highest BCUT2D eigenvalue weighted by Gasteiger charge is 2.66. The molecule has 0 saturated heterocycles. The summed E-state index contributed by atoms with van der Waals surface area (Å²) in [7, 11) is 0. The molecule has 3 N–H and O–H groups in total. The second-order valence-corrected chi connectivity index (χ2v) is 10.9. The molecule has 0 bridgehead atoms. The van der Waals surface area contributed by atoms with E-state index in [1.807, 2.05) is 6.92 Å². The fourth-order valence-electron chi connectivity index (χ4n) is 7.57. The van der Waals surface area contributed by atoms with Gasteiger partial charge in [-0.1, -0.05) is 25.9 Å². The molecule has 0 aliphatic heterocycles. The molecule has 0 aromatic rings.